The Morgan fingerprint density at radius 3 is 2.49 bits per heavy atom. The maximum atomic E-state index is 12.6. The van der Waals surface area contributed by atoms with Crippen LogP contribution in [0.1, 0.15) is 88.1 Å². The lowest BCUT2D eigenvalue weighted by Crippen LogP contribution is -2.34. The maximum Gasteiger partial charge on any atom is 0.251 e. The highest BCUT2D eigenvalue weighted by molar-refractivity contribution is 7.12. The van der Waals surface area contributed by atoms with E-state index in [4.69, 9.17) is 4.74 Å². The van der Waals surface area contributed by atoms with E-state index in [1.54, 1.807) is 6.92 Å². The Morgan fingerprint density at radius 1 is 1.00 bits per heavy atom. The van der Waals surface area contributed by atoms with Crippen LogP contribution >= 0.6 is 11.3 Å². The zero-order valence-corrected chi connectivity index (χ0v) is 24.1. The number of hydrogen-bond donors (Lipinski definition) is 1. The first kappa shape index (κ1) is 27.6. The van der Waals surface area contributed by atoms with Crippen molar-refractivity contribution in [1.82, 2.24) is 10.2 Å². The highest BCUT2D eigenvalue weighted by Gasteiger charge is 2.26. The molecule has 1 saturated heterocycles. The number of fused-ring (bicyclic) bond motifs is 1. The smallest absolute Gasteiger partial charge is 0.251 e. The summed E-state index contributed by atoms with van der Waals surface area (Å²) in [5, 5.41) is 5.05. The molecule has 5 nitrogen and oxygen atoms in total. The van der Waals surface area contributed by atoms with Gasteiger partial charge in [-0.1, -0.05) is 24.3 Å². The van der Waals surface area contributed by atoms with Gasteiger partial charge in [0.05, 0.1) is 12.0 Å². The molecule has 0 atom stereocenters. The summed E-state index contributed by atoms with van der Waals surface area (Å²) in [6.45, 7) is 5.61. The molecule has 1 aromatic heterocycles. The van der Waals surface area contributed by atoms with Crippen molar-refractivity contribution in [3.05, 3.63) is 75.0 Å². The Labute approximate surface area is 236 Å². The number of hydrogen-bond acceptors (Lipinski definition) is 5. The van der Waals surface area contributed by atoms with Crippen LogP contribution in [0.15, 0.2) is 47.8 Å². The minimum atomic E-state index is -0.0314. The number of piperidine rings is 1. The number of rotatable bonds is 10. The van der Waals surface area contributed by atoms with E-state index in [1.807, 2.05) is 42.8 Å². The number of thiophene rings is 1. The van der Waals surface area contributed by atoms with Gasteiger partial charge in [-0.25, -0.2) is 0 Å². The molecule has 0 unspecified atom stereocenters. The molecular formula is C33H40N2O3S. The second-order valence-corrected chi connectivity index (χ2v) is 11.9. The molecule has 2 aliphatic rings. The predicted molar refractivity (Wildman–Crippen MR) is 159 cm³/mol. The van der Waals surface area contributed by atoms with E-state index in [-0.39, 0.29) is 11.7 Å². The van der Waals surface area contributed by atoms with Crippen LogP contribution in [0.4, 0.5) is 0 Å². The van der Waals surface area contributed by atoms with Gasteiger partial charge in [-0.2, -0.15) is 0 Å². The lowest BCUT2D eigenvalue weighted by molar-refractivity contribution is 0.0951. The second-order valence-electron chi connectivity index (χ2n) is 10.9. The van der Waals surface area contributed by atoms with Crippen LogP contribution < -0.4 is 10.1 Å². The number of amides is 1. The SMILES string of the molecule is COc1c(C2CCN(CCCCNC(=O)c3ccc(-c4csc(C(C)=O)c4)cc3)CC2)ccc2c1CCCC2. The number of carbonyl (C=O) groups is 2. The third-order valence-corrected chi connectivity index (χ3v) is 9.39. The first-order valence-corrected chi connectivity index (χ1v) is 15.3. The summed E-state index contributed by atoms with van der Waals surface area (Å²) in [4.78, 5) is 27.5. The normalized spacial score (nSPS) is 16.1. The average molecular weight is 545 g/mol. The quantitative estimate of drug-likeness (QED) is 0.223. The molecule has 39 heavy (non-hydrogen) atoms. The van der Waals surface area contributed by atoms with E-state index in [9.17, 15) is 9.59 Å². The van der Waals surface area contributed by atoms with Gasteiger partial charge in [-0.15, -0.1) is 11.3 Å². The number of likely N-dealkylation sites (tertiary alicyclic amines) is 1. The van der Waals surface area contributed by atoms with E-state index in [0.717, 1.165) is 54.9 Å². The Bertz CT molecular complexity index is 1290. The van der Waals surface area contributed by atoms with Gasteiger partial charge in [0.1, 0.15) is 5.75 Å². The summed E-state index contributed by atoms with van der Waals surface area (Å²) in [5.41, 5.74) is 7.08. The summed E-state index contributed by atoms with van der Waals surface area (Å²) in [6.07, 6.45) is 9.35. The number of methoxy groups -OCH3 is 1. The highest BCUT2D eigenvalue weighted by Crippen LogP contribution is 2.40. The number of unbranched alkanes of at least 4 members (excludes halogenated alkanes) is 1. The minimum Gasteiger partial charge on any atom is -0.496 e. The number of ether oxygens (including phenoxy) is 1. The zero-order chi connectivity index (χ0) is 27.2. The molecule has 2 aromatic carbocycles. The molecule has 1 fully saturated rings. The molecule has 1 aliphatic heterocycles. The Kier molecular flexibility index (Phi) is 9.15. The highest BCUT2D eigenvalue weighted by atomic mass is 32.1. The fraction of sp³-hybridized carbons (Fsp3) is 0.455. The number of nitrogens with zero attached hydrogens (tertiary/aromatic N) is 1. The Hall–Kier alpha value is -2.96. The molecule has 206 valence electrons. The van der Waals surface area contributed by atoms with Gasteiger partial charge in [0, 0.05) is 12.1 Å². The van der Waals surface area contributed by atoms with E-state index in [1.165, 1.54) is 65.9 Å². The van der Waals surface area contributed by atoms with Crippen molar-refractivity contribution < 1.29 is 14.3 Å². The third kappa shape index (κ3) is 6.62. The number of carbonyl (C=O) groups excluding carboxylic acids is 2. The van der Waals surface area contributed by atoms with Crippen molar-refractivity contribution in [2.24, 2.45) is 0 Å². The molecule has 2 heterocycles. The van der Waals surface area contributed by atoms with E-state index < -0.39 is 0 Å². The molecule has 0 bridgehead atoms. The van der Waals surface area contributed by atoms with Gasteiger partial charge in [-0.3, -0.25) is 9.59 Å². The molecule has 0 saturated carbocycles. The Balaban J connectivity index is 1.02. The summed E-state index contributed by atoms with van der Waals surface area (Å²) in [6, 6.07) is 14.2. The zero-order valence-electron chi connectivity index (χ0n) is 23.3. The first-order valence-electron chi connectivity index (χ1n) is 14.4. The maximum absolute atomic E-state index is 12.6. The van der Waals surface area contributed by atoms with Crippen LogP contribution in [0.2, 0.25) is 0 Å². The van der Waals surface area contributed by atoms with Crippen molar-refractivity contribution in [3.8, 4) is 16.9 Å². The van der Waals surface area contributed by atoms with Crippen LogP contribution in [-0.2, 0) is 12.8 Å². The predicted octanol–water partition coefficient (Wildman–Crippen LogP) is 6.89. The number of Topliss-reactive ketones (excluding diaryl/α,β-unsaturated/α-hetero) is 1. The van der Waals surface area contributed by atoms with Crippen LogP contribution in [0.5, 0.6) is 5.75 Å². The molecule has 6 heteroatoms. The first-order chi connectivity index (χ1) is 19.0. The molecule has 3 aromatic rings. The van der Waals surface area contributed by atoms with E-state index >= 15 is 0 Å². The number of nitrogens with one attached hydrogen (secondary N) is 1. The molecule has 5 rings (SSSR count). The largest absolute Gasteiger partial charge is 0.496 e. The van der Waals surface area contributed by atoms with Crippen LogP contribution in [0.25, 0.3) is 11.1 Å². The summed E-state index contributed by atoms with van der Waals surface area (Å²) < 4.78 is 5.94. The van der Waals surface area contributed by atoms with Gasteiger partial charge in [0.15, 0.2) is 5.78 Å². The van der Waals surface area contributed by atoms with Crippen molar-refractivity contribution in [2.45, 2.75) is 64.2 Å². The van der Waals surface area contributed by atoms with E-state index in [0.29, 0.717) is 18.0 Å². The van der Waals surface area contributed by atoms with Gasteiger partial charge in [0.2, 0.25) is 0 Å². The second kappa shape index (κ2) is 12.9. The van der Waals surface area contributed by atoms with Crippen molar-refractivity contribution in [2.75, 3.05) is 33.3 Å². The lowest BCUT2D eigenvalue weighted by Gasteiger charge is -2.33. The van der Waals surface area contributed by atoms with Gasteiger partial charge in [0.25, 0.3) is 5.91 Å². The van der Waals surface area contributed by atoms with Gasteiger partial charge in [-0.05, 0) is 135 Å². The summed E-state index contributed by atoms with van der Waals surface area (Å²) in [5.74, 6) is 1.81. The standard InChI is InChI=1S/C33H40N2O3S/c1-23(36)31-21-28(22-39-31)24-9-11-27(12-10-24)33(37)34-17-5-6-18-35-19-15-26(16-20-35)30-14-13-25-7-3-4-8-29(25)32(30)38-2/h9-14,21-22,26H,3-8,15-20H2,1-2H3,(H,34,37). The molecular weight excluding hydrogens is 504 g/mol. The van der Waals surface area contributed by atoms with Gasteiger partial charge < -0.3 is 15.0 Å². The summed E-state index contributed by atoms with van der Waals surface area (Å²) in [7, 11) is 1.84. The monoisotopic (exact) mass is 544 g/mol. The Morgan fingerprint density at radius 2 is 1.77 bits per heavy atom. The average Bonchev–Trinajstić information content (AvgIpc) is 3.48. The van der Waals surface area contributed by atoms with Crippen molar-refractivity contribution in [3.63, 3.8) is 0 Å². The molecule has 1 N–H and O–H groups in total. The van der Waals surface area contributed by atoms with Crippen molar-refractivity contribution in [1.29, 1.82) is 0 Å². The van der Waals surface area contributed by atoms with Crippen LogP contribution in [0, 0.1) is 0 Å². The number of benzene rings is 2. The number of aryl methyl sites for hydroxylation is 1. The third-order valence-electron chi connectivity index (χ3n) is 8.36. The number of ketones is 1. The molecule has 0 radical (unpaired) electrons. The van der Waals surface area contributed by atoms with Gasteiger partial charge >= 0.3 is 0 Å². The lowest BCUT2D eigenvalue weighted by atomic mass is 9.83. The van der Waals surface area contributed by atoms with Crippen LogP contribution in [-0.4, -0.2) is 49.9 Å². The van der Waals surface area contributed by atoms with E-state index in [2.05, 4.69) is 22.3 Å². The fourth-order valence-electron chi connectivity index (χ4n) is 6.09. The summed E-state index contributed by atoms with van der Waals surface area (Å²) >= 11 is 1.46. The molecule has 1 amide bonds. The van der Waals surface area contributed by atoms with Crippen LogP contribution in [0.3, 0.4) is 0 Å². The van der Waals surface area contributed by atoms with Crippen molar-refractivity contribution >= 4 is 23.0 Å². The fourth-order valence-corrected chi connectivity index (χ4v) is 6.91. The molecule has 0 spiro atoms. The minimum absolute atomic E-state index is 0.0314. The topological polar surface area (TPSA) is 58.6 Å². The molecule has 1 aliphatic carbocycles.